The highest BCUT2D eigenvalue weighted by Gasteiger charge is 2.30. The van der Waals surface area contributed by atoms with Gasteiger partial charge in [0, 0.05) is 30.4 Å². The third kappa shape index (κ3) is 2.53. The van der Waals surface area contributed by atoms with Crippen molar-refractivity contribution in [2.75, 3.05) is 30.8 Å². The number of nitrogens with two attached hydrogens (primary N) is 2. The van der Waals surface area contributed by atoms with Crippen molar-refractivity contribution in [2.24, 2.45) is 0 Å². The molecule has 1 atom stereocenters. The quantitative estimate of drug-likeness (QED) is 0.757. The Morgan fingerprint density at radius 2 is 2.06 bits per heavy atom. The second-order valence-corrected chi connectivity index (χ2v) is 6.48. The van der Waals surface area contributed by atoms with E-state index in [1.165, 1.54) is 10.6 Å². The third-order valence-electron chi connectivity index (χ3n) is 3.17. The molecule has 6 heteroatoms. The first-order chi connectivity index (χ1) is 7.88. The lowest BCUT2D eigenvalue weighted by Crippen LogP contribution is -2.27. The van der Waals surface area contributed by atoms with Crippen molar-refractivity contribution in [1.82, 2.24) is 4.31 Å². The van der Waals surface area contributed by atoms with E-state index in [0.29, 0.717) is 24.5 Å². The zero-order valence-corrected chi connectivity index (χ0v) is 10.6. The van der Waals surface area contributed by atoms with Gasteiger partial charge in [-0.3, -0.25) is 0 Å². The van der Waals surface area contributed by atoms with Crippen LogP contribution in [0.2, 0.25) is 0 Å². The van der Waals surface area contributed by atoms with Crippen molar-refractivity contribution in [3.63, 3.8) is 0 Å². The molecule has 2 rings (SSSR count). The summed E-state index contributed by atoms with van der Waals surface area (Å²) in [6.07, 6.45) is 2.03. The normalized spacial score (nSPS) is 21.8. The van der Waals surface area contributed by atoms with Crippen LogP contribution in [0.25, 0.3) is 0 Å². The molecule has 1 fully saturated rings. The van der Waals surface area contributed by atoms with E-state index in [4.69, 9.17) is 11.5 Å². The minimum atomic E-state index is -3.11. The van der Waals surface area contributed by atoms with Gasteiger partial charge >= 0.3 is 0 Å². The smallest absolute Gasteiger partial charge is 0.211 e. The Morgan fingerprint density at radius 3 is 2.65 bits per heavy atom. The van der Waals surface area contributed by atoms with Crippen LogP contribution in [0.15, 0.2) is 18.2 Å². The fourth-order valence-corrected chi connectivity index (χ4v) is 3.12. The van der Waals surface area contributed by atoms with E-state index < -0.39 is 10.0 Å². The second kappa shape index (κ2) is 4.19. The standard InChI is InChI=1S/C11H17N3O2S/c1-17(15,16)14-5-4-8(7-14)10-6-9(12)2-3-11(10)13/h2-3,6,8H,4-5,7,12-13H2,1H3. The van der Waals surface area contributed by atoms with Crippen molar-refractivity contribution in [2.45, 2.75) is 12.3 Å². The highest BCUT2D eigenvalue weighted by Crippen LogP contribution is 2.33. The molecule has 0 bridgehead atoms. The number of anilines is 2. The Morgan fingerprint density at radius 1 is 1.35 bits per heavy atom. The van der Waals surface area contributed by atoms with E-state index >= 15 is 0 Å². The minimum absolute atomic E-state index is 0.147. The molecular weight excluding hydrogens is 238 g/mol. The Bertz CT molecular complexity index is 528. The topological polar surface area (TPSA) is 89.4 Å². The summed E-state index contributed by atoms with van der Waals surface area (Å²) in [6.45, 7) is 1.05. The fraction of sp³-hybridized carbons (Fsp3) is 0.455. The SMILES string of the molecule is CS(=O)(=O)N1CCC(c2cc(N)ccc2N)C1. The summed E-state index contributed by atoms with van der Waals surface area (Å²) >= 11 is 0. The van der Waals surface area contributed by atoms with Crippen LogP contribution in [0.3, 0.4) is 0 Å². The van der Waals surface area contributed by atoms with Crippen molar-refractivity contribution in [3.05, 3.63) is 23.8 Å². The van der Waals surface area contributed by atoms with Crippen LogP contribution in [0.1, 0.15) is 17.9 Å². The van der Waals surface area contributed by atoms with Crippen LogP contribution >= 0.6 is 0 Å². The fourth-order valence-electron chi connectivity index (χ4n) is 2.23. The zero-order valence-electron chi connectivity index (χ0n) is 9.76. The van der Waals surface area contributed by atoms with Gasteiger partial charge < -0.3 is 11.5 Å². The lowest BCUT2D eigenvalue weighted by atomic mass is 9.96. The van der Waals surface area contributed by atoms with Gasteiger partial charge in [0.25, 0.3) is 0 Å². The van der Waals surface area contributed by atoms with E-state index in [0.717, 1.165) is 12.0 Å². The Kier molecular flexibility index (Phi) is 3.01. The first-order valence-corrected chi connectivity index (χ1v) is 7.33. The van der Waals surface area contributed by atoms with E-state index in [1.807, 2.05) is 6.07 Å². The molecule has 4 N–H and O–H groups in total. The monoisotopic (exact) mass is 255 g/mol. The summed E-state index contributed by atoms with van der Waals surface area (Å²) < 4.78 is 24.4. The lowest BCUT2D eigenvalue weighted by Gasteiger charge is -2.15. The summed E-state index contributed by atoms with van der Waals surface area (Å²) in [4.78, 5) is 0. The first-order valence-electron chi connectivity index (χ1n) is 5.48. The molecule has 0 saturated carbocycles. The van der Waals surface area contributed by atoms with Crippen LogP contribution in [-0.2, 0) is 10.0 Å². The molecule has 0 aliphatic carbocycles. The predicted octanol–water partition coefficient (Wildman–Crippen LogP) is 0.600. The van der Waals surface area contributed by atoms with Crippen molar-refractivity contribution >= 4 is 21.4 Å². The van der Waals surface area contributed by atoms with Gasteiger partial charge in [0.15, 0.2) is 0 Å². The molecule has 5 nitrogen and oxygen atoms in total. The molecule has 0 radical (unpaired) electrons. The summed E-state index contributed by atoms with van der Waals surface area (Å²) in [6, 6.07) is 5.36. The number of rotatable bonds is 2. The maximum atomic E-state index is 11.4. The molecule has 1 aromatic carbocycles. The molecule has 17 heavy (non-hydrogen) atoms. The van der Waals surface area contributed by atoms with Crippen molar-refractivity contribution < 1.29 is 8.42 Å². The van der Waals surface area contributed by atoms with Crippen LogP contribution in [-0.4, -0.2) is 32.1 Å². The maximum Gasteiger partial charge on any atom is 0.211 e. The predicted molar refractivity (Wildman–Crippen MR) is 69.0 cm³/mol. The molecule has 1 aliphatic heterocycles. The van der Waals surface area contributed by atoms with E-state index in [1.54, 1.807) is 12.1 Å². The molecule has 0 aromatic heterocycles. The zero-order chi connectivity index (χ0) is 12.6. The molecule has 94 valence electrons. The number of hydrogen-bond acceptors (Lipinski definition) is 4. The van der Waals surface area contributed by atoms with Gasteiger partial charge in [0.1, 0.15) is 0 Å². The lowest BCUT2D eigenvalue weighted by molar-refractivity contribution is 0.478. The number of hydrogen-bond donors (Lipinski definition) is 2. The third-order valence-corrected chi connectivity index (χ3v) is 4.44. The maximum absolute atomic E-state index is 11.4. The van der Waals surface area contributed by atoms with Gasteiger partial charge in [-0.25, -0.2) is 12.7 Å². The Labute approximate surface area is 101 Å². The van der Waals surface area contributed by atoms with Gasteiger partial charge in [0.05, 0.1) is 6.26 Å². The number of nitrogens with zero attached hydrogens (tertiary/aromatic N) is 1. The van der Waals surface area contributed by atoms with Gasteiger partial charge in [-0.1, -0.05) is 0 Å². The largest absolute Gasteiger partial charge is 0.399 e. The number of nitrogen functional groups attached to an aromatic ring is 2. The van der Waals surface area contributed by atoms with Crippen LogP contribution < -0.4 is 11.5 Å². The minimum Gasteiger partial charge on any atom is -0.399 e. The van der Waals surface area contributed by atoms with Crippen LogP contribution in [0.4, 0.5) is 11.4 Å². The van der Waals surface area contributed by atoms with E-state index in [2.05, 4.69) is 0 Å². The molecule has 1 unspecified atom stereocenters. The van der Waals surface area contributed by atoms with Crippen molar-refractivity contribution in [1.29, 1.82) is 0 Å². The molecule has 0 spiro atoms. The molecule has 1 heterocycles. The Balaban J connectivity index is 2.24. The van der Waals surface area contributed by atoms with Crippen LogP contribution in [0, 0.1) is 0 Å². The highest BCUT2D eigenvalue weighted by atomic mass is 32.2. The summed E-state index contributed by atoms with van der Waals surface area (Å²) in [5.74, 6) is 0.147. The average Bonchev–Trinajstić information content (AvgIpc) is 2.70. The highest BCUT2D eigenvalue weighted by molar-refractivity contribution is 7.88. The average molecular weight is 255 g/mol. The molecule has 0 amide bonds. The van der Waals surface area contributed by atoms with Gasteiger partial charge in [-0.15, -0.1) is 0 Å². The number of benzene rings is 1. The van der Waals surface area contributed by atoms with E-state index in [-0.39, 0.29) is 5.92 Å². The van der Waals surface area contributed by atoms with Crippen LogP contribution in [0.5, 0.6) is 0 Å². The molecule has 1 saturated heterocycles. The van der Waals surface area contributed by atoms with Gasteiger partial charge in [-0.05, 0) is 30.2 Å². The summed E-state index contributed by atoms with van der Waals surface area (Å²) in [5.41, 5.74) is 13.9. The van der Waals surface area contributed by atoms with Gasteiger partial charge in [-0.2, -0.15) is 0 Å². The van der Waals surface area contributed by atoms with E-state index in [9.17, 15) is 8.42 Å². The molecule has 1 aliphatic rings. The Hall–Kier alpha value is -1.27. The number of sulfonamides is 1. The molecule has 1 aromatic rings. The first kappa shape index (κ1) is 12.2. The van der Waals surface area contributed by atoms with Crippen molar-refractivity contribution in [3.8, 4) is 0 Å². The second-order valence-electron chi connectivity index (χ2n) is 4.49. The summed E-state index contributed by atoms with van der Waals surface area (Å²) in [7, 11) is -3.11. The molecular formula is C11H17N3O2S. The van der Waals surface area contributed by atoms with Gasteiger partial charge in [0.2, 0.25) is 10.0 Å². The summed E-state index contributed by atoms with van der Waals surface area (Å²) in [5, 5.41) is 0.